The Labute approximate surface area is 171 Å². The Hall–Kier alpha value is -2.59. The van der Waals surface area contributed by atoms with Gasteiger partial charge in [0, 0.05) is 29.6 Å². The summed E-state index contributed by atoms with van der Waals surface area (Å²) in [7, 11) is 0. The van der Waals surface area contributed by atoms with Crippen molar-refractivity contribution in [2.75, 3.05) is 12.4 Å². The molecule has 4 heterocycles. The maximum atomic E-state index is 12.9. The Bertz CT molecular complexity index is 1090. The van der Waals surface area contributed by atoms with Gasteiger partial charge in [-0.05, 0) is 39.7 Å². The van der Waals surface area contributed by atoms with Gasteiger partial charge in [-0.15, -0.1) is 5.10 Å². The van der Waals surface area contributed by atoms with Crippen LogP contribution < -0.4 is 5.69 Å². The third-order valence-electron chi connectivity index (χ3n) is 5.04. The number of ketones is 1. The molecule has 0 aliphatic carbocycles. The SMILES string of the molecule is Cc1cc(-n2c(C)cc(C(=O)CSc3n[nH]c(=O)n3C[C@@H]3CCCO3)c2C)no1. The van der Waals surface area contributed by atoms with Gasteiger partial charge in [0.1, 0.15) is 5.76 Å². The molecule has 9 nitrogen and oxygen atoms in total. The van der Waals surface area contributed by atoms with E-state index < -0.39 is 0 Å². The molecule has 3 aromatic heterocycles. The molecule has 1 atom stereocenters. The number of carbonyl (C=O) groups excluding carboxylic acids is 1. The van der Waals surface area contributed by atoms with E-state index in [1.165, 1.54) is 11.8 Å². The number of aryl methyl sites for hydroxylation is 2. The van der Waals surface area contributed by atoms with Gasteiger partial charge in [0.25, 0.3) is 0 Å². The summed E-state index contributed by atoms with van der Waals surface area (Å²) < 4.78 is 14.2. The number of hydrogen-bond acceptors (Lipinski definition) is 7. The van der Waals surface area contributed by atoms with Gasteiger partial charge >= 0.3 is 5.69 Å². The Morgan fingerprint density at radius 3 is 2.86 bits per heavy atom. The summed E-state index contributed by atoms with van der Waals surface area (Å²) >= 11 is 1.25. The summed E-state index contributed by atoms with van der Waals surface area (Å²) in [5, 5.41) is 11.1. The summed E-state index contributed by atoms with van der Waals surface area (Å²) in [6.07, 6.45) is 1.94. The molecule has 10 heteroatoms. The van der Waals surface area contributed by atoms with Gasteiger partial charge in [-0.2, -0.15) is 0 Å². The summed E-state index contributed by atoms with van der Waals surface area (Å²) in [5.74, 6) is 1.51. The van der Waals surface area contributed by atoms with E-state index in [0.29, 0.717) is 28.8 Å². The van der Waals surface area contributed by atoms with Crippen LogP contribution in [0.3, 0.4) is 0 Å². The summed E-state index contributed by atoms with van der Waals surface area (Å²) in [4.78, 5) is 25.0. The van der Waals surface area contributed by atoms with E-state index in [1.807, 2.05) is 37.5 Å². The van der Waals surface area contributed by atoms with Gasteiger partial charge in [-0.3, -0.25) is 13.9 Å². The third-order valence-corrected chi connectivity index (χ3v) is 6.02. The van der Waals surface area contributed by atoms with E-state index in [2.05, 4.69) is 15.4 Å². The number of thioether (sulfide) groups is 1. The normalized spacial score (nSPS) is 16.6. The first kappa shape index (κ1) is 19.7. The number of nitrogens with zero attached hydrogens (tertiary/aromatic N) is 4. The molecular formula is C19H23N5O4S. The molecular weight excluding hydrogens is 394 g/mol. The Balaban J connectivity index is 1.49. The molecule has 1 N–H and O–H groups in total. The largest absolute Gasteiger partial charge is 0.376 e. The molecule has 154 valence electrons. The van der Waals surface area contributed by atoms with Crippen LogP contribution in [0.15, 0.2) is 26.6 Å². The minimum atomic E-state index is -0.282. The molecule has 0 spiro atoms. The van der Waals surface area contributed by atoms with Gasteiger partial charge in [0.05, 0.1) is 18.4 Å². The van der Waals surface area contributed by atoms with Crippen molar-refractivity contribution in [3.8, 4) is 5.82 Å². The van der Waals surface area contributed by atoms with Crippen LogP contribution in [0.4, 0.5) is 0 Å². The van der Waals surface area contributed by atoms with Gasteiger partial charge in [0.2, 0.25) is 0 Å². The second kappa shape index (κ2) is 8.03. The van der Waals surface area contributed by atoms with Crippen molar-refractivity contribution < 1.29 is 14.1 Å². The van der Waals surface area contributed by atoms with E-state index in [0.717, 1.165) is 30.8 Å². The molecule has 0 unspecified atom stereocenters. The second-order valence-corrected chi connectivity index (χ2v) is 8.13. The van der Waals surface area contributed by atoms with Gasteiger partial charge in [0.15, 0.2) is 16.8 Å². The average molecular weight is 417 g/mol. The average Bonchev–Trinajstić information content (AvgIpc) is 3.46. The minimum Gasteiger partial charge on any atom is -0.376 e. The number of rotatable bonds is 7. The van der Waals surface area contributed by atoms with Crippen LogP contribution in [0, 0.1) is 20.8 Å². The number of Topliss-reactive ketones (excluding diaryl/α,β-unsaturated/α-hetero) is 1. The van der Waals surface area contributed by atoms with Crippen molar-refractivity contribution >= 4 is 17.5 Å². The van der Waals surface area contributed by atoms with Crippen molar-refractivity contribution in [1.29, 1.82) is 0 Å². The lowest BCUT2D eigenvalue weighted by atomic mass is 10.2. The summed E-state index contributed by atoms with van der Waals surface area (Å²) in [5.41, 5.74) is 2.05. The van der Waals surface area contributed by atoms with Crippen molar-refractivity contribution in [2.24, 2.45) is 0 Å². The quantitative estimate of drug-likeness (QED) is 0.465. The van der Waals surface area contributed by atoms with Gasteiger partial charge in [-0.25, -0.2) is 9.89 Å². The molecule has 3 aromatic rings. The predicted molar refractivity (Wildman–Crippen MR) is 107 cm³/mol. The van der Waals surface area contributed by atoms with Crippen molar-refractivity contribution in [1.82, 2.24) is 24.5 Å². The third kappa shape index (κ3) is 3.95. The Morgan fingerprint density at radius 2 is 2.17 bits per heavy atom. The van der Waals surface area contributed by atoms with Crippen LogP contribution in [0.25, 0.3) is 5.82 Å². The number of ether oxygens (including phenoxy) is 1. The highest BCUT2D eigenvalue weighted by molar-refractivity contribution is 7.99. The molecule has 1 aliphatic rings. The van der Waals surface area contributed by atoms with E-state index in [9.17, 15) is 9.59 Å². The molecule has 4 rings (SSSR count). The Kier molecular flexibility index (Phi) is 5.46. The molecule has 0 radical (unpaired) electrons. The smallest absolute Gasteiger partial charge is 0.344 e. The molecule has 0 aromatic carbocycles. The monoisotopic (exact) mass is 417 g/mol. The zero-order valence-electron chi connectivity index (χ0n) is 16.6. The van der Waals surface area contributed by atoms with E-state index in [1.54, 1.807) is 4.57 Å². The van der Waals surface area contributed by atoms with Crippen molar-refractivity contribution in [3.05, 3.63) is 45.3 Å². The highest BCUT2D eigenvalue weighted by atomic mass is 32.2. The van der Waals surface area contributed by atoms with Gasteiger partial charge in [-0.1, -0.05) is 16.9 Å². The first-order valence-corrected chi connectivity index (χ1v) is 10.5. The molecule has 0 amide bonds. The van der Waals surface area contributed by atoms with E-state index in [-0.39, 0.29) is 23.3 Å². The Morgan fingerprint density at radius 1 is 1.34 bits per heavy atom. The number of nitrogens with one attached hydrogen (secondary N) is 1. The van der Waals surface area contributed by atoms with Crippen LogP contribution in [0.5, 0.6) is 0 Å². The van der Waals surface area contributed by atoms with Crippen LogP contribution >= 0.6 is 11.8 Å². The summed E-state index contributed by atoms with van der Waals surface area (Å²) in [6, 6.07) is 3.68. The van der Waals surface area contributed by atoms with Crippen molar-refractivity contribution in [3.63, 3.8) is 0 Å². The lowest BCUT2D eigenvalue weighted by Gasteiger charge is -2.10. The fourth-order valence-electron chi connectivity index (χ4n) is 3.63. The number of carbonyl (C=O) groups is 1. The zero-order chi connectivity index (χ0) is 20.5. The zero-order valence-corrected chi connectivity index (χ0v) is 17.4. The number of H-pyrrole nitrogens is 1. The molecule has 0 saturated carbocycles. The number of hydrogen-bond donors (Lipinski definition) is 1. The molecule has 1 fully saturated rings. The van der Waals surface area contributed by atoms with Gasteiger partial charge < -0.3 is 9.26 Å². The molecule has 29 heavy (non-hydrogen) atoms. The van der Waals surface area contributed by atoms with E-state index >= 15 is 0 Å². The lowest BCUT2D eigenvalue weighted by molar-refractivity contribution is 0.0941. The first-order valence-electron chi connectivity index (χ1n) is 9.49. The maximum Gasteiger partial charge on any atom is 0.344 e. The molecule has 0 bridgehead atoms. The first-order chi connectivity index (χ1) is 13.9. The topological polar surface area (TPSA) is 108 Å². The predicted octanol–water partition coefficient (Wildman–Crippen LogP) is 2.43. The fraction of sp³-hybridized carbons (Fsp3) is 0.474. The second-order valence-electron chi connectivity index (χ2n) is 7.18. The van der Waals surface area contributed by atoms with Crippen LogP contribution in [-0.2, 0) is 11.3 Å². The summed E-state index contributed by atoms with van der Waals surface area (Å²) in [6.45, 7) is 6.81. The van der Waals surface area contributed by atoms with Crippen molar-refractivity contribution in [2.45, 2.75) is 51.4 Å². The number of aromatic nitrogens is 5. The maximum absolute atomic E-state index is 12.9. The number of aromatic amines is 1. The minimum absolute atomic E-state index is 0.0187. The fourth-order valence-corrected chi connectivity index (χ4v) is 4.47. The van der Waals surface area contributed by atoms with Crippen LogP contribution in [0.2, 0.25) is 0 Å². The van der Waals surface area contributed by atoms with E-state index in [4.69, 9.17) is 9.26 Å². The van der Waals surface area contributed by atoms with Crippen LogP contribution in [-0.4, -0.2) is 48.7 Å². The molecule has 1 aliphatic heterocycles. The molecule has 1 saturated heterocycles. The standard InChI is InChI=1S/C19H23N5O4S/c1-11-7-15(13(3)24(11)17-8-12(2)28-22-17)16(25)10-29-19-21-20-18(26)23(19)9-14-5-4-6-27-14/h7-8,14H,4-6,9-10H2,1-3H3,(H,20,26)/t14-/m0/s1. The lowest BCUT2D eigenvalue weighted by Crippen LogP contribution is -2.25. The highest BCUT2D eigenvalue weighted by Crippen LogP contribution is 2.24. The highest BCUT2D eigenvalue weighted by Gasteiger charge is 2.22. The van der Waals surface area contributed by atoms with Crippen LogP contribution in [0.1, 0.15) is 40.3 Å².